The van der Waals surface area contributed by atoms with Gasteiger partial charge in [0.2, 0.25) is 0 Å². The fourth-order valence-corrected chi connectivity index (χ4v) is 3.43. The number of carbonyl (C=O) groups is 1. The van der Waals surface area contributed by atoms with Crippen molar-refractivity contribution in [3.8, 4) is 0 Å². The molecule has 0 aliphatic rings. The highest BCUT2D eigenvalue weighted by Gasteiger charge is 2.09. The molecule has 4 nitrogen and oxygen atoms in total. The zero-order valence-corrected chi connectivity index (χ0v) is 13.9. The second-order valence-electron chi connectivity index (χ2n) is 4.69. The number of aryl methyl sites for hydroxylation is 1. The van der Waals surface area contributed by atoms with Gasteiger partial charge in [0.1, 0.15) is 5.82 Å². The Hall–Kier alpha value is -1.66. The summed E-state index contributed by atoms with van der Waals surface area (Å²) < 4.78 is 3.09. The van der Waals surface area contributed by atoms with Crippen molar-refractivity contribution in [2.75, 3.05) is 6.54 Å². The normalized spacial score (nSPS) is 11.0. The van der Waals surface area contributed by atoms with Crippen LogP contribution in [0.3, 0.4) is 0 Å². The standard InChI is InChI=1S/C15H14BrN3OS/c1-10-18-12-4-2-3-5-13(12)19(10)7-6-17-15(20)11-8-14(16)21-9-11/h2-5,8-9H,6-7H2,1H3,(H,17,20). The third kappa shape index (κ3) is 3.01. The van der Waals surface area contributed by atoms with Crippen LogP contribution in [0.2, 0.25) is 0 Å². The highest BCUT2D eigenvalue weighted by molar-refractivity contribution is 9.11. The number of aromatic nitrogens is 2. The molecule has 0 spiro atoms. The number of benzene rings is 1. The van der Waals surface area contributed by atoms with Crippen molar-refractivity contribution >= 4 is 44.2 Å². The van der Waals surface area contributed by atoms with Crippen molar-refractivity contribution in [1.82, 2.24) is 14.9 Å². The molecular formula is C15H14BrN3OS. The second kappa shape index (κ2) is 5.99. The molecule has 0 aliphatic carbocycles. The Balaban J connectivity index is 1.67. The number of amides is 1. The lowest BCUT2D eigenvalue weighted by Crippen LogP contribution is -2.27. The summed E-state index contributed by atoms with van der Waals surface area (Å²) in [6, 6.07) is 9.86. The van der Waals surface area contributed by atoms with Crippen LogP contribution in [0.4, 0.5) is 0 Å². The van der Waals surface area contributed by atoms with Crippen LogP contribution in [0.5, 0.6) is 0 Å². The summed E-state index contributed by atoms with van der Waals surface area (Å²) in [7, 11) is 0. The fraction of sp³-hybridized carbons (Fsp3) is 0.200. The van der Waals surface area contributed by atoms with Crippen molar-refractivity contribution in [1.29, 1.82) is 0 Å². The number of rotatable bonds is 4. The van der Waals surface area contributed by atoms with Gasteiger partial charge in [0.15, 0.2) is 0 Å². The van der Waals surface area contributed by atoms with E-state index in [1.807, 2.05) is 42.6 Å². The molecule has 0 aliphatic heterocycles. The third-order valence-corrected chi connectivity index (χ3v) is 4.80. The number of fused-ring (bicyclic) bond motifs is 1. The summed E-state index contributed by atoms with van der Waals surface area (Å²) in [6.07, 6.45) is 0. The maximum Gasteiger partial charge on any atom is 0.252 e. The summed E-state index contributed by atoms with van der Waals surface area (Å²) >= 11 is 4.87. The molecule has 1 N–H and O–H groups in total. The van der Waals surface area contributed by atoms with Crippen molar-refractivity contribution in [2.45, 2.75) is 13.5 Å². The Morgan fingerprint density at radius 3 is 3.00 bits per heavy atom. The number of nitrogens with zero attached hydrogens (tertiary/aromatic N) is 2. The molecule has 0 bridgehead atoms. The van der Waals surface area contributed by atoms with Crippen molar-refractivity contribution in [2.24, 2.45) is 0 Å². The smallest absolute Gasteiger partial charge is 0.252 e. The zero-order chi connectivity index (χ0) is 14.8. The van der Waals surface area contributed by atoms with Gasteiger partial charge in [-0.05, 0) is 41.1 Å². The predicted octanol–water partition coefficient (Wildman–Crippen LogP) is 3.60. The lowest BCUT2D eigenvalue weighted by molar-refractivity contribution is 0.0952. The maximum atomic E-state index is 12.0. The number of para-hydroxylation sites is 2. The summed E-state index contributed by atoms with van der Waals surface area (Å²) in [5.74, 6) is 0.919. The quantitative estimate of drug-likeness (QED) is 0.769. The van der Waals surface area contributed by atoms with Crippen LogP contribution >= 0.6 is 27.3 Å². The highest BCUT2D eigenvalue weighted by atomic mass is 79.9. The van der Waals surface area contributed by atoms with E-state index in [1.54, 1.807) is 0 Å². The van der Waals surface area contributed by atoms with Crippen molar-refractivity contribution in [3.05, 3.63) is 50.9 Å². The second-order valence-corrected chi connectivity index (χ2v) is 6.99. The molecule has 0 fully saturated rings. The van der Waals surface area contributed by atoms with E-state index in [-0.39, 0.29) is 5.91 Å². The van der Waals surface area contributed by atoms with Crippen LogP contribution in [0.15, 0.2) is 39.5 Å². The summed E-state index contributed by atoms with van der Waals surface area (Å²) in [5.41, 5.74) is 2.78. The molecule has 0 saturated heterocycles. The van der Waals surface area contributed by atoms with Gasteiger partial charge in [-0.15, -0.1) is 11.3 Å². The molecule has 108 valence electrons. The highest BCUT2D eigenvalue weighted by Crippen LogP contribution is 2.20. The van der Waals surface area contributed by atoms with E-state index in [4.69, 9.17) is 0 Å². The Morgan fingerprint density at radius 1 is 1.43 bits per heavy atom. The van der Waals surface area contributed by atoms with Crippen LogP contribution in [0.25, 0.3) is 11.0 Å². The molecule has 1 amide bonds. The van der Waals surface area contributed by atoms with Gasteiger partial charge in [-0.1, -0.05) is 12.1 Å². The first kappa shape index (κ1) is 14.3. The largest absolute Gasteiger partial charge is 0.350 e. The minimum atomic E-state index is -0.0426. The van der Waals surface area contributed by atoms with E-state index in [0.717, 1.165) is 20.6 Å². The van der Waals surface area contributed by atoms with Crippen LogP contribution in [-0.4, -0.2) is 22.0 Å². The number of halogens is 1. The molecule has 0 unspecified atom stereocenters. The van der Waals surface area contributed by atoms with Gasteiger partial charge in [-0.2, -0.15) is 0 Å². The topological polar surface area (TPSA) is 46.9 Å². The zero-order valence-electron chi connectivity index (χ0n) is 11.5. The summed E-state index contributed by atoms with van der Waals surface area (Å²) in [5, 5.41) is 4.79. The molecule has 3 aromatic rings. The predicted molar refractivity (Wildman–Crippen MR) is 88.8 cm³/mol. The monoisotopic (exact) mass is 363 g/mol. The Kier molecular flexibility index (Phi) is 4.07. The molecule has 3 rings (SSSR count). The van der Waals surface area contributed by atoms with Crippen LogP contribution in [-0.2, 0) is 6.54 Å². The van der Waals surface area contributed by atoms with E-state index >= 15 is 0 Å². The molecule has 2 aromatic heterocycles. The van der Waals surface area contributed by atoms with Gasteiger partial charge in [-0.3, -0.25) is 4.79 Å². The lowest BCUT2D eigenvalue weighted by Gasteiger charge is -2.08. The van der Waals surface area contributed by atoms with E-state index in [1.165, 1.54) is 11.3 Å². The van der Waals surface area contributed by atoms with Gasteiger partial charge < -0.3 is 9.88 Å². The van der Waals surface area contributed by atoms with Gasteiger partial charge >= 0.3 is 0 Å². The van der Waals surface area contributed by atoms with Gasteiger partial charge in [0.25, 0.3) is 5.91 Å². The molecule has 1 aromatic carbocycles. The molecule has 0 saturated carbocycles. The van der Waals surface area contributed by atoms with Crippen LogP contribution in [0.1, 0.15) is 16.2 Å². The van der Waals surface area contributed by atoms with Crippen molar-refractivity contribution < 1.29 is 4.79 Å². The number of thiophene rings is 1. The third-order valence-electron chi connectivity index (χ3n) is 3.30. The Labute approximate surface area is 134 Å². The van der Waals surface area contributed by atoms with Gasteiger partial charge in [0.05, 0.1) is 20.4 Å². The average Bonchev–Trinajstić information content (AvgIpc) is 3.03. The first-order valence-corrected chi connectivity index (χ1v) is 8.26. The molecular weight excluding hydrogens is 350 g/mol. The van der Waals surface area contributed by atoms with Gasteiger partial charge in [0, 0.05) is 18.5 Å². The summed E-state index contributed by atoms with van der Waals surface area (Å²) in [6.45, 7) is 3.27. The van der Waals surface area contributed by atoms with E-state index in [9.17, 15) is 4.79 Å². The molecule has 0 radical (unpaired) electrons. The maximum absolute atomic E-state index is 12.0. The average molecular weight is 364 g/mol. The number of imidazole rings is 1. The minimum absolute atomic E-state index is 0.0426. The lowest BCUT2D eigenvalue weighted by atomic mass is 10.3. The molecule has 21 heavy (non-hydrogen) atoms. The van der Waals surface area contributed by atoms with E-state index in [0.29, 0.717) is 18.7 Å². The number of carbonyl (C=O) groups excluding carboxylic acids is 1. The van der Waals surface area contributed by atoms with E-state index in [2.05, 4.69) is 30.8 Å². The molecule has 2 heterocycles. The first-order valence-electron chi connectivity index (χ1n) is 6.59. The van der Waals surface area contributed by atoms with Crippen LogP contribution < -0.4 is 5.32 Å². The Morgan fingerprint density at radius 2 is 2.24 bits per heavy atom. The SMILES string of the molecule is Cc1nc2ccccc2n1CCNC(=O)c1csc(Br)c1. The van der Waals surface area contributed by atoms with Gasteiger partial charge in [-0.25, -0.2) is 4.98 Å². The Bertz CT molecular complexity index is 793. The summed E-state index contributed by atoms with van der Waals surface area (Å²) in [4.78, 5) is 16.5. The van der Waals surface area contributed by atoms with E-state index < -0.39 is 0 Å². The number of hydrogen-bond donors (Lipinski definition) is 1. The fourth-order valence-electron chi connectivity index (χ4n) is 2.29. The molecule has 6 heteroatoms. The number of hydrogen-bond acceptors (Lipinski definition) is 3. The molecule has 0 atom stereocenters. The number of nitrogens with one attached hydrogen (secondary N) is 1. The minimum Gasteiger partial charge on any atom is -0.350 e. The van der Waals surface area contributed by atoms with Crippen LogP contribution in [0, 0.1) is 6.92 Å². The van der Waals surface area contributed by atoms with Crippen molar-refractivity contribution in [3.63, 3.8) is 0 Å². The first-order chi connectivity index (χ1) is 10.1.